The summed E-state index contributed by atoms with van der Waals surface area (Å²) in [6.07, 6.45) is 2.30. The van der Waals surface area contributed by atoms with Gasteiger partial charge in [-0.25, -0.2) is 0 Å². The lowest BCUT2D eigenvalue weighted by molar-refractivity contribution is -0.0328. The largest absolute Gasteiger partial charge is 0.446 e. The van der Waals surface area contributed by atoms with Gasteiger partial charge in [-0.3, -0.25) is 0 Å². The average molecular weight is 242 g/mol. The molecule has 0 radical (unpaired) electrons. The monoisotopic (exact) mass is 242 g/mol. The second kappa shape index (κ2) is 4.42. The van der Waals surface area contributed by atoms with E-state index >= 15 is 0 Å². The summed E-state index contributed by atoms with van der Waals surface area (Å²) in [7, 11) is 0. The summed E-state index contributed by atoms with van der Waals surface area (Å²) in [5, 5.41) is 0. The Morgan fingerprint density at radius 1 is 1.12 bits per heavy atom. The molecule has 1 aromatic rings. The molecule has 84 valence electrons. The van der Waals surface area contributed by atoms with Crippen molar-refractivity contribution >= 4 is 11.8 Å². The van der Waals surface area contributed by atoms with E-state index in [1.54, 1.807) is 12.1 Å². The van der Waals surface area contributed by atoms with Crippen LogP contribution in [0.1, 0.15) is 18.4 Å². The first kappa shape index (κ1) is 11.4. The Morgan fingerprint density at radius 2 is 1.75 bits per heavy atom. The number of halogens is 3. The van der Waals surface area contributed by atoms with Gasteiger partial charge in [-0.15, -0.1) is 0 Å². The van der Waals surface area contributed by atoms with Crippen molar-refractivity contribution in [1.29, 1.82) is 0 Å². The molecular weight excluding hydrogens is 233 g/mol. The van der Waals surface area contributed by atoms with Crippen molar-refractivity contribution in [1.82, 2.24) is 0 Å². The standard InChI is InChI=1S/C12H9F3S/c13-12(14,15)16-11-7-5-10(6-8-11)4-3-9-1-2-9/h5-9H,1-2H2. The summed E-state index contributed by atoms with van der Waals surface area (Å²) in [5.41, 5.74) is -3.44. The molecule has 0 spiro atoms. The molecule has 1 aliphatic carbocycles. The van der Waals surface area contributed by atoms with Crippen LogP contribution in [0.5, 0.6) is 0 Å². The highest BCUT2D eigenvalue weighted by Gasteiger charge is 2.28. The fraction of sp³-hybridized carbons (Fsp3) is 0.333. The molecule has 2 rings (SSSR count). The molecule has 0 aromatic heterocycles. The van der Waals surface area contributed by atoms with Crippen molar-refractivity contribution in [3.05, 3.63) is 29.8 Å². The third-order valence-corrected chi connectivity index (χ3v) is 2.83. The molecule has 0 amide bonds. The van der Waals surface area contributed by atoms with E-state index in [1.807, 2.05) is 0 Å². The maximum atomic E-state index is 12.0. The number of rotatable bonds is 1. The van der Waals surface area contributed by atoms with Crippen LogP contribution in [0.3, 0.4) is 0 Å². The third kappa shape index (κ3) is 3.82. The molecule has 16 heavy (non-hydrogen) atoms. The summed E-state index contributed by atoms with van der Waals surface area (Å²) in [5.74, 6) is 6.52. The van der Waals surface area contributed by atoms with Crippen molar-refractivity contribution in [2.24, 2.45) is 5.92 Å². The fourth-order valence-corrected chi connectivity index (χ4v) is 1.69. The molecule has 0 nitrogen and oxygen atoms in total. The maximum Gasteiger partial charge on any atom is 0.446 e. The summed E-state index contributed by atoms with van der Waals surface area (Å²) in [6, 6.07) is 6.16. The number of hydrogen-bond acceptors (Lipinski definition) is 1. The van der Waals surface area contributed by atoms with Crippen LogP contribution in [0.25, 0.3) is 0 Å². The van der Waals surface area contributed by atoms with Crippen molar-refractivity contribution in [3.63, 3.8) is 0 Å². The summed E-state index contributed by atoms with van der Waals surface area (Å²) in [6.45, 7) is 0. The van der Waals surface area contributed by atoms with Crippen molar-refractivity contribution in [2.45, 2.75) is 23.2 Å². The van der Waals surface area contributed by atoms with E-state index in [2.05, 4.69) is 11.8 Å². The lowest BCUT2D eigenvalue weighted by Gasteiger charge is -2.04. The van der Waals surface area contributed by atoms with Gasteiger partial charge in [0.2, 0.25) is 0 Å². The molecule has 0 atom stereocenters. The second-order valence-corrected chi connectivity index (χ2v) is 4.75. The zero-order chi connectivity index (χ0) is 11.6. The number of hydrogen-bond donors (Lipinski definition) is 0. The highest BCUT2D eigenvalue weighted by molar-refractivity contribution is 8.00. The van der Waals surface area contributed by atoms with Gasteiger partial charge in [0, 0.05) is 16.4 Å². The smallest absolute Gasteiger partial charge is 0.160 e. The normalized spacial score (nSPS) is 15.4. The molecule has 1 aliphatic rings. The minimum absolute atomic E-state index is 0.102. The van der Waals surface area contributed by atoms with Crippen LogP contribution in [0.4, 0.5) is 13.2 Å². The van der Waals surface area contributed by atoms with Crippen molar-refractivity contribution in [2.75, 3.05) is 0 Å². The first-order valence-electron chi connectivity index (χ1n) is 4.90. The first-order chi connectivity index (χ1) is 7.53. The zero-order valence-electron chi connectivity index (χ0n) is 8.34. The number of thioether (sulfide) groups is 1. The molecule has 0 N–H and O–H groups in total. The van der Waals surface area contributed by atoms with E-state index in [0.717, 1.165) is 18.4 Å². The molecule has 0 saturated heterocycles. The highest BCUT2D eigenvalue weighted by Crippen LogP contribution is 2.36. The van der Waals surface area contributed by atoms with Gasteiger partial charge in [0.15, 0.2) is 0 Å². The minimum atomic E-state index is -4.22. The van der Waals surface area contributed by atoms with Crippen molar-refractivity contribution < 1.29 is 13.2 Å². The Labute approximate surface area is 96.2 Å². The Kier molecular flexibility index (Phi) is 3.15. The number of alkyl halides is 3. The molecule has 0 bridgehead atoms. The SMILES string of the molecule is FC(F)(F)Sc1ccc(C#CC2CC2)cc1. The van der Waals surface area contributed by atoms with E-state index in [1.165, 1.54) is 12.1 Å². The zero-order valence-corrected chi connectivity index (χ0v) is 9.16. The van der Waals surface area contributed by atoms with Gasteiger partial charge in [0.1, 0.15) is 0 Å². The number of benzene rings is 1. The summed E-state index contributed by atoms with van der Waals surface area (Å²) < 4.78 is 36.1. The van der Waals surface area contributed by atoms with E-state index in [-0.39, 0.29) is 16.7 Å². The van der Waals surface area contributed by atoms with Gasteiger partial charge >= 0.3 is 5.51 Å². The lowest BCUT2D eigenvalue weighted by atomic mass is 10.2. The molecule has 1 saturated carbocycles. The van der Waals surface area contributed by atoms with Gasteiger partial charge in [-0.1, -0.05) is 11.8 Å². The average Bonchev–Trinajstić information content (AvgIpc) is 2.98. The van der Waals surface area contributed by atoms with Crippen molar-refractivity contribution in [3.8, 4) is 11.8 Å². The van der Waals surface area contributed by atoms with Gasteiger partial charge in [0.05, 0.1) is 0 Å². The summed E-state index contributed by atoms with van der Waals surface area (Å²) >= 11 is -0.102. The van der Waals surface area contributed by atoms with Gasteiger partial charge in [-0.2, -0.15) is 13.2 Å². The first-order valence-corrected chi connectivity index (χ1v) is 5.72. The van der Waals surface area contributed by atoms with E-state index < -0.39 is 5.51 Å². The topological polar surface area (TPSA) is 0 Å². The van der Waals surface area contributed by atoms with E-state index in [4.69, 9.17) is 0 Å². The predicted molar refractivity (Wildman–Crippen MR) is 58.0 cm³/mol. The Bertz CT molecular complexity index is 418. The fourth-order valence-electron chi connectivity index (χ4n) is 1.15. The molecule has 0 heterocycles. The van der Waals surface area contributed by atoms with Gasteiger partial charge in [-0.05, 0) is 48.9 Å². The van der Waals surface area contributed by atoms with Crippen LogP contribution in [0, 0.1) is 17.8 Å². The molecule has 1 aromatic carbocycles. The molecule has 0 unspecified atom stereocenters. The molecule has 4 heteroatoms. The highest BCUT2D eigenvalue weighted by atomic mass is 32.2. The molecular formula is C12H9F3S. The quantitative estimate of drug-likeness (QED) is 0.528. The van der Waals surface area contributed by atoms with Gasteiger partial charge in [0.25, 0.3) is 0 Å². The van der Waals surface area contributed by atoms with Crippen LogP contribution in [0.15, 0.2) is 29.2 Å². The second-order valence-electron chi connectivity index (χ2n) is 3.62. The predicted octanol–water partition coefficient (Wildman–Crippen LogP) is 4.06. The molecule has 1 fully saturated rings. The Balaban J connectivity index is 2.02. The van der Waals surface area contributed by atoms with Crippen LogP contribution in [-0.2, 0) is 0 Å². The Morgan fingerprint density at radius 3 is 2.25 bits per heavy atom. The lowest BCUT2D eigenvalue weighted by Crippen LogP contribution is -1.98. The summed E-state index contributed by atoms with van der Waals surface area (Å²) in [4.78, 5) is 0.199. The van der Waals surface area contributed by atoms with Crippen LogP contribution >= 0.6 is 11.8 Å². The van der Waals surface area contributed by atoms with E-state index in [9.17, 15) is 13.2 Å². The van der Waals surface area contributed by atoms with E-state index in [0.29, 0.717) is 5.92 Å². The molecule has 0 aliphatic heterocycles. The van der Waals surface area contributed by atoms with Crippen LogP contribution in [0.2, 0.25) is 0 Å². The maximum absolute atomic E-state index is 12.0. The van der Waals surface area contributed by atoms with Crippen LogP contribution in [-0.4, -0.2) is 5.51 Å². The minimum Gasteiger partial charge on any atom is -0.160 e. The van der Waals surface area contributed by atoms with Crippen LogP contribution < -0.4 is 0 Å². The Hall–Kier alpha value is -1.08. The van der Waals surface area contributed by atoms with Gasteiger partial charge < -0.3 is 0 Å². The third-order valence-electron chi connectivity index (χ3n) is 2.09.